The van der Waals surface area contributed by atoms with Gasteiger partial charge < -0.3 is 5.11 Å². The molecule has 4 nitrogen and oxygen atoms in total. The molecule has 0 spiro atoms. The Balaban J connectivity index is 2.12. The van der Waals surface area contributed by atoms with E-state index in [0.717, 1.165) is 15.6 Å². The zero-order chi connectivity index (χ0) is 13.0. The highest BCUT2D eigenvalue weighted by molar-refractivity contribution is 9.10. The van der Waals surface area contributed by atoms with Crippen molar-refractivity contribution in [1.29, 1.82) is 0 Å². The van der Waals surface area contributed by atoms with Crippen molar-refractivity contribution < 1.29 is 9.90 Å². The van der Waals surface area contributed by atoms with Crippen LogP contribution in [0.15, 0.2) is 41.1 Å². The Morgan fingerprint density at radius 3 is 2.33 bits per heavy atom. The first kappa shape index (κ1) is 12.7. The van der Waals surface area contributed by atoms with E-state index in [9.17, 15) is 4.79 Å². The van der Waals surface area contributed by atoms with Gasteiger partial charge in [-0.05, 0) is 24.1 Å². The van der Waals surface area contributed by atoms with E-state index in [1.54, 1.807) is 12.4 Å². The molecular weight excluding hydrogens is 296 g/mol. The van der Waals surface area contributed by atoms with Gasteiger partial charge in [-0.1, -0.05) is 28.1 Å². The van der Waals surface area contributed by atoms with E-state index < -0.39 is 5.97 Å². The summed E-state index contributed by atoms with van der Waals surface area (Å²) in [6.45, 7) is 0. The zero-order valence-corrected chi connectivity index (χ0v) is 11.1. The summed E-state index contributed by atoms with van der Waals surface area (Å²) in [5, 5.41) is 8.59. The summed E-state index contributed by atoms with van der Waals surface area (Å²) in [4.78, 5) is 18.9. The van der Waals surface area contributed by atoms with Crippen LogP contribution >= 0.6 is 15.9 Å². The first-order valence-electron chi connectivity index (χ1n) is 5.44. The van der Waals surface area contributed by atoms with Gasteiger partial charge in [-0.25, -0.2) is 9.97 Å². The molecule has 1 aromatic carbocycles. The molecule has 0 atom stereocenters. The molecule has 0 aliphatic heterocycles. The molecule has 0 saturated heterocycles. The number of hydrogen-bond donors (Lipinski definition) is 1. The molecule has 2 aromatic rings. The van der Waals surface area contributed by atoms with Gasteiger partial charge in [0, 0.05) is 28.9 Å². The Kier molecular flexibility index (Phi) is 4.04. The molecule has 0 aliphatic rings. The van der Waals surface area contributed by atoms with Crippen LogP contribution in [0.5, 0.6) is 0 Å². The summed E-state index contributed by atoms with van der Waals surface area (Å²) in [7, 11) is 0. The molecule has 1 heterocycles. The molecule has 0 fully saturated rings. The van der Waals surface area contributed by atoms with Crippen LogP contribution < -0.4 is 0 Å². The van der Waals surface area contributed by atoms with Crippen LogP contribution in [0.4, 0.5) is 0 Å². The second-order valence-corrected chi connectivity index (χ2v) is 4.73. The summed E-state index contributed by atoms with van der Waals surface area (Å²) in [5.41, 5.74) is 1.77. The summed E-state index contributed by atoms with van der Waals surface area (Å²) in [6, 6.07) is 7.71. The molecule has 2 rings (SSSR count). The highest BCUT2D eigenvalue weighted by Gasteiger charge is 2.03. The predicted octanol–water partition coefficient (Wildman–Crippen LogP) is 2.92. The van der Waals surface area contributed by atoms with Gasteiger partial charge in [0.15, 0.2) is 5.82 Å². The van der Waals surface area contributed by atoms with E-state index in [0.29, 0.717) is 12.2 Å². The van der Waals surface area contributed by atoms with Crippen molar-refractivity contribution in [3.8, 4) is 11.4 Å². The molecule has 0 saturated carbocycles. The third-order valence-corrected chi connectivity index (χ3v) is 2.96. The van der Waals surface area contributed by atoms with Gasteiger partial charge in [0.1, 0.15) is 0 Å². The Labute approximate surface area is 113 Å². The maximum absolute atomic E-state index is 10.4. The number of aryl methyl sites for hydroxylation is 1. The molecule has 0 bridgehead atoms. The van der Waals surface area contributed by atoms with Crippen LogP contribution in [-0.4, -0.2) is 21.0 Å². The van der Waals surface area contributed by atoms with Crippen molar-refractivity contribution >= 4 is 21.9 Å². The number of carbonyl (C=O) groups is 1. The normalized spacial score (nSPS) is 10.3. The topological polar surface area (TPSA) is 63.1 Å². The molecule has 1 aromatic heterocycles. The van der Waals surface area contributed by atoms with Gasteiger partial charge in [-0.15, -0.1) is 0 Å². The monoisotopic (exact) mass is 306 g/mol. The van der Waals surface area contributed by atoms with Gasteiger partial charge in [0.05, 0.1) is 0 Å². The molecule has 0 radical (unpaired) electrons. The van der Waals surface area contributed by atoms with Crippen LogP contribution in [0, 0.1) is 0 Å². The van der Waals surface area contributed by atoms with Crippen LogP contribution in [-0.2, 0) is 11.2 Å². The largest absolute Gasteiger partial charge is 0.481 e. The second kappa shape index (κ2) is 5.73. The summed E-state index contributed by atoms with van der Waals surface area (Å²) < 4.78 is 1.00. The van der Waals surface area contributed by atoms with Gasteiger partial charge in [-0.3, -0.25) is 4.79 Å². The number of carboxylic acid groups (broad SMARTS) is 1. The standard InChI is InChI=1S/C13H11BrN2O2/c14-11-4-2-10(3-5-11)13-15-7-9(8-16-13)1-6-12(17)18/h2-5,7-8H,1,6H2,(H,17,18). The Morgan fingerprint density at radius 1 is 1.17 bits per heavy atom. The number of carboxylic acids is 1. The number of rotatable bonds is 4. The minimum atomic E-state index is -0.813. The molecule has 1 N–H and O–H groups in total. The quantitative estimate of drug-likeness (QED) is 0.943. The molecule has 0 aliphatic carbocycles. The maximum Gasteiger partial charge on any atom is 0.303 e. The second-order valence-electron chi connectivity index (χ2n) is 3.82. The average molecular weight is 307 g/mol. The van der Waals surface area contributed by atoms with Crippen LogP contribution in [0.25, 0.3) is 11.4 Å². The van der Waals surface area contributed by atoms with E-state index >= 15 is 0 Å². The lowest BCUT2D eigenvalue weighted by Crippen LogP contribution is -1.99. The van der Waals surface area contributed by atoms with Crippen molar-refractivity contribution in [2.45, 2.75) is 12.8 Å². The fourth-order valence-corrected chi connectivity index (χ4v) is 1.75. The smallest absolute Gasteiger partial charge is 0.303 e. The van der Waals surface area contributed by atoms with Crippen molar-refractivity contribution in [3.05, 3.63) is 46.7 Å². The Bertz CT molecular complexity index is 538. The Hall–Kier alpha value is -1.75. The molecule has 0 amide bonds. The van der Waals surface area contributed by atoms with Crippen molar-refractivity contribution in [2.24, 2.45) is 0 Å². The van der Waals surface area contributed by atoms with Crippen molar-refractivity contribution in [2.75, 3.05) is 0 Å². The van der Waals surface area contributed by atoms with Gasteiger partial charge in [0.25, 0.3) is 0 Å². The summed E-state index contributed by atoms with van der Waals surface area (Å²) >= 11 is 3.37. The minimum Gasteiger partial charge on any atom is -0.481 e. The van der Waals surface area contributed by atoms with E-state index in [-0.39, 0.29) is 6.42 Å². The molecular formula is C13H11BrN2O2. The fourth-order valence-electron chi connectivity index (χ4n) is 1.48. The van der Waals surface area contributed by atoms with Crippen LogP contribution in [0.1, 0.15) is 12.0 Å². The predicted molar refractivity (Wildman–Crippen MR) is 71.1 cm³/mol. The molecule has 0 unspecified atom stereocenters. The fraction of sp³-hybridized carbons (Fsp3) is 0.154. The lowest BCUT2D eigenvalue weighted by molar-refractivity contribution is -0.136. The zero-order valence-electron chi connectivity index (χ0n) is 9.51. The van der Waals surface area contributed by atoms with Crippen molar-refractivity contribution in [3.63, 3.8) is 0 Å². The van der Waals surface area contributed by atoms with E-state index in [2.05, 4.69) is 25.9 Å². The Morgan fingerprint density at radius 2 is 1.78 bits per heavy atom. The summed E-state index contributed by atoms with van der Waals surface area (Å²) in [6.07, 6.45) is 3.90. The summed E-state index contributed by atoms with van der Waals surface area (Å²) in [5.74, 6) is -0.173. The lowest BCUT2D eigenvalue weighted by Gasteiger charge is -2.02. The third-order valence-electron chi connectivity index (χ3n) is 2.44. The number of hydrogen-bond acceptors (Lipinski definition) is 3. The molecule has 92 valence electrons. The third kappa shape index (κ3) is 3.37. The first-order chi connectivity index (χ1) is 8.65. The molecule has 18 heavy (non-hydrogen) atoms. The number of halogens is 1. The van der Waals surface area contributed by atoms with E-state index in [1.807, 2.05) is 24.3 Å². The minimum absolute atomic E-state index is 0.0982. The van der Waals surface area contributed by atoms with Gasteiger partial charge >= 0.3 is 5.97 Å². The van der Waals surface area contributed by atoms with E-state index in [4.69, 9.17) is 5.11 Å². The van der Waals surface area contributed by atoms with Crippen LogP contribution in [0.3, 0.4) is 0 Å². The van der Waals surface area contributed by atoms with Gasteiger partial charge in [-0.2, -0.15) is 0 Å². The number of nitrogens with zero attached hydrogens (tertiary/aromatic N) is 2. The lowest BCUT2D eigenvalue weighted by atomic mass is 10.2. The maximum atomic E-state index is 10.4. The molecule has 5 heteroatoms. The first-order valence-corrected chi connectivity index (χ1v) is 6.23. The average Bonchev–Trinajstić information content (AvgIpc) is 2.38. The van der Waals surface area contributed by atoms with Gasteiger partial charge in [0.2, 0.25) is 0 Å². The highest BCUT2D eigenvalue weighted by atomic mass is 79.9. The van der Waals surface area contributed by atoms with Crippen LogP contribution in [0.2, 0.25) is 0 Å². The van der Waals surface area contributed by atoms with E-state index in [1.165, 1.54) is 0 Å². The number of benzene rings is 1. The highest BCUT2D eigenvalue weighted by Crippen LogP contribution is 2.18. The SMILES string of the molecule is O=C(O)CCc1cnc(-c2ccc(Br)cc2)nc1. The van der Waals surface area contributed by atoms with Crippen molar-refractivity contribution in [1.82, 2.24) is 9.97 Å². The number of aliphatic carboxylic acids is 1. The number of aromatic nitrogens is 2.